The third kappa shape index (κ3) is 4.68. The highest BCUT2D eigenvalue weighted by molar-refractivity contribution is 6.12. The fourth-order valence-electron chi connectivity index (χ4n) is 3.28. The highest BCUT2D eigenvalue weighted by Crippen LogP contribution is 2.24. The number of nitrogens with two attached hydrogens (primary N) is 2. The lowest BCUT2D eigenvalue weighted by atomic mass is 10.1. The van der Waals surface area contributed by atoms with Crippen molar-refractivity contribution in [3.8, 4) is 0 Å². The third-order valence-corrected chi connectivity index (χ3v) is 4.77. The molecule has 1 amide bonds. The summed E-state index contributed by atoms with van der Waals surface area (Å²) in [6, 6.07) is 12.8. The van der Waals surface area contributed by atoms with Gasteiger partial charge in [0.25, 0.3) is 5.91 Å². The van der Waals surface area contributed by atoms with Crippen LogP contribution in [-0.4, -0.2) is 30.8 Å². The van der Waals surface area contributed by atoms with E-state index in [1.54, 1.807) is 18.2 Å². The van der Waals surface area contributed by atoms with Crippen LogP contribution >= 0.6 is 0 Å². The number of nitrogens with one attached hydrogen (secondary N) is 2. The van der Waals surface area contributed by atoms with Crippen LogP contribution in [0, 0.1) is 12.3 Å². The van der Waals surface area contributed by atoms with E-state index in [1.165, 1.54) is 6.42 Å². The predicted octanol–water partition coefficient (Wildman–Crippen LogP) is 2.64. The number of anilines is 2. The topological polar surface area (TPSA) is 121 Å². The minimum Gasteiger partial charge on any atom is -0.398 e. The smallest absolute Gasteiger partial charge is 0.260 e. The largest absolute Gasteiger partial charge is 0.398 e. The number of amidine groups is 1. The van der Waals surface area contributed by atoms with Crippen LogP contribution in [0.15, 0.2) is 47.5 Å². The molecule has 7 heteroatoms. The van der Waals surface area contributed by atoms with Crippen molar-refractivity contribution in [2.75, 3.05) is 23.7 Å². The Morgan fingerprint density at radius 2 is 1.89 bits per heavy atom. The second-order valence-electron chi connectivity index (χ2n) is 6.99. The lowest BCUT2D eigenvalue weighted by Crippen LogP contribution is -2.38. The van der Waals surface area contributed by atoms with E-state index < -0.39 is 5.91 Å². The average Bonchev–Trinajstić information content (AvgIpc) is 2.68. The second kappa shape index (κ2) is 8.56. The number of carbonyl (C=O) groups excluding carboxylic acids is 1. The Kier molecular flexibility index (Phi) is 5.93. The first kappa shape index (κ1) is 19.4. The van der Waals surface area contributed by atoms with E-state index in [1.807, 2.05) is 31.2 Å². The van der Waals surface area contributed by atoms with Gasteiger partial charge < -0.3 is 16.4 Å². The van der Waals surface area contributed by atoms with Crippen molar-refractivity contribution in [1.29, 1.82) is 5.41 Å². The summed E-state index contributed by atoms with van der Waals surface area (Å²) in [6.45, 7) is 3.88. The van der Waals surface area contributed by atoms with Gasteiger partial charge in [-0.15, -0.1) is 0 Å². The van der Waals surface area contributed by atoms with E-state index in [2.05, 4.69) is 15.2 Å². The number of aryl methyl sites for hydroxylation is 1. The number of hydrogen-bond acceptors (Lipinski definition) is 4. The fraction of sp³-hybridized carbons (Fsp3) is 0.286. The van der Waals surface area contributed by atoms with Crippen molar-refractivity contribution in [3.63, 3.8) is 0 Å². The maximum atomic E-state index is 12.6. The number of carbonyl (C=O) groups is 1. The van der Waals surface area contributed by atoms with Crippen molar-refractivity contribution in [2.45, 2.75) is 26.2 Å². The summed E-state index contributed by atoms with van der Waals surface area (Å²) in [4.78, 5) is 18.9. The fourth-order valence-corrected chi connectivity index (χ4v) is 3.28. The van der Waals surface area contributed by atoms with Gasteiger partial charge in [-0.1, -0.05) is 23.8 Å². The van der Waals surface area contributed by atoms with E-state index in [9.17, 15) is 4.79 Å². The van der Waals surface area contributed by atoms with Crippen LogP contribution in [0.25, 0.3) is 0 Å². The minimum atomic E-state index is -0.436. The maximum Gasteiger partial charge on any atom is 0.260 e. The molecule has 0 atom stereocenters. The summed E-state index contributed by atoms with van der Waals surface area (Å²) in [5.41, 5.74) is 15.2. The molecule has 1 fully saturated rings. The highest BCUT2D eigenvalue weighted by atomic mass is 16.1. The molecule has 28 heavy (non-hydrogen) atoms. The zero-order chi connectivity index (χ0) is 20.1. The molecular formula is C21H26N6O. The van der Waals surface area contributed by atoms with Crippen molar-refractivity contribution in [2.24, 2.45) is 10.7 Å². The first-order valence-corrected chi connectivity index (χ1v) is 9.39. The lowest BCUT2D eigenvalue weighted by Gasteiger charge is -2.29. The molecule has 146 valence electrons. The quantitative estimate of drug-likeness (QED) is 0.373. The molecule has 7 nitrogen and oxygen atoms in total. The molecule has 1 aliphatic rings. The monoisotopic (exact) mass is 378 g/mol. The van der Waals surface area contributed by atoms with Crippen LogP contribution in [0.3, 0.4) is 0 Å². The van der Waals surface area contributed by atoms with Gasteiger partial charge in [-0.05, 0) is 50.5 Å². The Labute approximate surface area is 164 Å². The molecule has 0 bridgehead atoms. The summed E-state index contributed by atoms with van der Waals surface area (Å²) in [6.07, 6.45) is 3.53. The van der Waals surface area contributed by atoms with Crippen molar-refractivity contribution >= 4 is 29.1 Å². The Morgan fingerprint density at radius 3 is 2.61 bits per heavy atom. The average molecular weight is 378 g/mol. The lowest BCUT2D eigenvalue weighted by molar-refractivity contribution is 0.0977. The second-order valence-corrected chi connectivity index (χ2v) is 6.99. The third-order valence-electron chi connectivity index (χ3n) is 4.77. The first-order chi connectivity index (χ1) is 13.4. The Balaban J connectivity index is 1.73. The standard InChI is InChI=1S/C21H26N6O/c1-14-6-5-7-15(12-14)19(23)25-21(24)26-20(28)17-13-16(8-9-18(17)22)27-10-3-2-4-11-27/h5-9,12-13H,2-4,10-11,22H2,1H3,(H4,23,24,25,26,28). The molecule has 0 radical (unpaired) electrons. The zero-order valence-electron chi connectivity index (χ0n) is 16.0. The number of aliphatic imine (C=N–C) groups is 1. The number of guanidine groups is 1. The summed E-state index contributed by atoms with van der Waals surface area (Å²) in [5.74, 6) is -0.592. The minimum absolute atomic E-state index is 0.0171. The van der Waals surface area contributed by atoms with Gasteiger partial charge in [-0.25, -0.2) is 0 Å². The molecule has 6 N–H and O–H groups in total. The Bertz CT molecular complexity index is 915. The predicted molar refractivity (Wildman–Crippen MR) is 114 cm³/mol. The molecule has 0 saturated carbocycles. The molecular weight excluding hydrogens is 352 g/mol. The summed E-state index contributed by atoms with van der Waals surface area (Å²) in [7, 11) is 0. The number of hydrogen-bond donors (Lipinski definition) is 4. The molecule has 0 unspecified atom stereocenters. The Hall–Kier alpha value is -3.35. The van der Waals surface area contributed by atoms with Gasteiger partial charge in [0.05, 0.1) is 5.56 Å². The maximum absolute atomic E-state index is 12.6. The van der Waals surface area contributed by atoms with E-state index in [0.717, 1.165) is 37.2 Å². The van der Waals surface area contributed by atoms with Gasteiger partial charge in [0.1, 0.15) is 0 Å². The van der Waals surface area contributed by atoms with E-state index >= 15 is 0 Å². The van der Waals surface area contributed by atoms with Crippen LogP contribution in [0.5, 0.6) is 0 Å². The molecule has 1 heterocycles. The summed E-state index contributed by atoms with van der Waals surface area (Å²) >= 11 is 0. The molecule has 0 aromatic heterocycles. The van der Waals surface area contributed by atoms with Crippen molar-refractivity contribution in [1.82, 2.24) is 5.32 Å². The molecule has 1 aliphatic heterocycles. The van der Waals surface area contributed by atoms with Crippen LogP contribution in [-0.2, 0) is 0 Å². The molecule has 1 saturated heterocycles. The molecule has 0 aliphatic carbocycles. The van der Waals surface area contributed by atoms with E-state index in [0.29, 0.717) is 16.8 Å². The van der Waals surface area contributed by atoms with Gasteiger partial charge in [0.15, 0.2) is 5.84 Å². The van der Waals surface area contributed by atoms with Crippen LogP contribution in [0.1, 0.15) is 40.7 Å². The van der Waals surface area contributed by atoms with Crippen molar-refractivity contribution in [3.05, 3.63) is 59.2 Å². The first-order valence-electron chi connectivity index (χ1n) is 9.39. The van der Waals surface area contributed by atoms with E-state index in [4.69, 9.17) is 16.9 Å². The summed E-state index contributed by atoms with van der Waals surface area (Å²) < 4.78 is 0. The number of nitrogen functional groups attached to an aromatic ring is 1. The summed E-state index contributed by atoms with van der Waals surface area (Å²) in [5, 5.41) is 10.6. The zero-order valence-corrected chi connectivity index (χ0v) is 16.0. The highest BCUT2D eigenvalue weighted by Gasteiger charge is 2.16. The van der Waals surface area contributed by atoms with Crippen molar-refractivity contribution < 1.29 is 4.79 Å². The van der Waals surface area contributed by atoms with Gasteiger partial charge in [-0.3, -0.25) is 15.5 Å². The van der Waals surface area contributed by atoms with Gasteiger partial charge in [-0.2, -0.15) is 4.99 Å². The number of benzene rings is 2. The molecule has 3 rings (SSSR count). The number of rotatable bonds is 3. The van der Waals surface area contributed by atoms with Gasteiger partial charge in [0.2, 0.25) is 5.96 Å². The normalized spacial score (nSPS) is 14.6. The van der Waals surface area contributed by atoms with Gasteiger partial charge >= 0.3 is 0 Å². The van der Waals surface area contributed by atoms with Gasteiger partial charge in [0, 0.05) is 30.0 Å². The SMILES string of the molecule is Cc1cccc(C(=N)/N=C(\N)NC(=O)c2cc(N3CCCCC3)ccc2N)c1. The van der Waals surface area contributed by atoms with Crippen LogP contribution in [0.4, 0.5) is 11.4 Å². The number of nitrogens with zero attached hydrogens (tertiary/aromatic N) is 2. The molecule has 2 aromatic carbocycles. The number of piperidine rings is 1. The van der Waals surface area contributed by atoms with E-state index in [-0.39, 0.29) is 11.8 Å². The van der Waals surface area contributed by atoms with Crippen LogP contribution < -0.4 is 21.7 Å². The van der Waals surface area contributed by atoms with Crippen LogP contribution in [0.2, 0.25) is 0 Å². The molecule has 0 spiro atoms. The number of amides is 1. The molecule has 2 aromatic rings. The Morgan fingerprint density at radius 1 is 1.14 bits per heavy atom.